The van der Waals surface area contributed by atoms with Gasteiger partial charge in [0.15, 0.2) is 0 Å². The summed E-state index contributed by atoms with van der Waals surface area (Å²) in [7, 11) is 0. The summed E-state index contributed by atoms with van der Waals surface area (Å²) in [6, 6.07) is 17.9. The van der Waals surface area contributed by atoms with Gasteiger partial charge >= 0.3 is 0 Å². The monoisotopic (exact) mass is 377 g/mol. The molecule has 0 saturated carbocycles. The van der Waals surface area contributed by atoms with E-state index in [1.165, 1.54) is 5.56 Å². The standard InChI is InChI=1S/C22H27N5O/c1-16(2)20(15-28)26-22-25-19(18-10-6-7-12-23-18)14-21(27-22)24-13-11-17-8-4-3-5-9-17/h3-10,12,14,16,20,28H,11,13,15H2,1-2H3,(H2,24,25,26,27)/t20-/m1/s1. The van der Waals surface area contributed by atoms with Gasteiger partial charge in [-0.25, -0.2) is 4.98 Å². The minimum Gasteiger partial charge on any atom is -0.394 e. The fraction of sp³-hybridized carbons (Fsp3) is 0.318. The Kier molecular flexibility index (Phi) is 6.92. The molecule has 2 heterocycles. The maximum Gasteiger partial charge on any atom is 0.225 e. The highest BCUT2D eigenvalue weighted by atomic mass is 16.3. The van der Waals surface area contributed by atoms with Crippen molar-refractivity contribution < 1.29 is 5.11 Å². The van der Waals surface area contributed by atoms with Crippen LogP contribution in [0.4, 0.5) is 11.8 Å². The SMILES string of the molecule is CC(C)[C@@H](CO)Nc1nc(NCCc2ccccc2)cc(-c2ccccn2)n1. The van der Waals surface area contributed by atoms with E-state index in [0.29, 0.717) is 5.95 Å². The van der Waals surface area contributed by atoms with Crippen LogP contribution in [0.3, 0.4) is 0 Å². The van der Waals surface area contributed by atoms with Crippen LogP contribution in [0.5, 0.6) is 0 Å². The number of pyridine rings is 1. The molecule has 6 nitrogen and oxygen atoms in total. The first kappa shape index (κ1) is 19.8. The highest BCUT2D eigenvalue weighted by Gasteiger charge is 2.15. The van der Waals surface area contributed by atoms with Crippen LogP contribution in [0.1, 0.15) is 19.4 Å². The van der Waals surface area contributed by atoms with E-state index in [9.17, 15) is 5.11 Å². The molecule has 0 amide bonds. The number of anilines is 2. The fourth-order valence-corrected chi connectivity index (χ4v) is 2.82. The molecule has 0 radical (unpaired) electrons. The number of hydrogen-bond acceptors (Lipinski definition) is 6. The summed E-state index contributed by atoms with van der Waals surface area (Å²) in [5.74, 6) is 1.47. The Bertz CT molecular complexity index is 855. The van der Waals surface area contributed by atoms with Crippen molar-refractivity contribution >= 4 is 11.8 Å². The van der Waals surface area contributed by atoms with E-state index in [0.717, 1.165) is 30.2 Å². The zero-order valence-corrected chi connectivity index (χ0v) is 16.3. The van der Waals surface area contributed by atoms with Crippen molar-refractivity contribution in [1.82, 2.24) is 15.0 Å². The summed E-state index contributed by atoms with van der Waals surface area (Å²) in [4.78, 5) is 13.6. The first-order valence-electron chi connectivity index (χ1n) is 9.61. The number of nitrogens with zero attached hydrogens (tertiary/aromatic N) is 3. The Labute approximate surface area is 166 Å². The summed E-state index contributed by atoms with van der Waals surface area (Å²) < 4.78 is 0. The number of rotatable bonds is 9. The van der Waals surface area contributed by atoms with Crippen LogP contribution >= 0.6 is 0 Å². The van der Waals surface area contributed by atoms with Crippen LogP contribution in [-0.4, -0.2) is 39.3 Å². The third-order valence-corrected chi connectivity index (χ3v) is 4.53. The molecule has 0 aliphatic carbocycles. The molecule has 0 unspecified atom stereocenters. The van der Waals surface area contributed by atoms with Crippen molar-refractivity contribution in [1.29, 1.82) is 0 Å². The average molecular weight is 377 g/mol. The molecule has 0 aliphatic rings. The second-order valence-electron chi connectivity index (χ2n) is 7.02. The van der Waals surface area contributed by atoms with Gasteiger partial charge in [0.05, 0.1) is 24.0 Å². The Morgan fingerprint density at radius 3 is 2.43 bits per heavy atom. The molecular formula is C22H27N5O. The largest absolute Gasteiger partial charge is 0.394 e. The van der Waals surface area contributed by atoms with E-state index >= 15 is 0 Å². The van der Waals surface area contributed by atoms with Crippen LogP contribution in [0.25, 0.3) is 11.4 Å². The molecule has 146 valence electrons. The predicted octanol–water partition coefficient (Wildman–Crippen LogP) is 3.62. The molecule has 0 aliphatic heterocycles. The average Bonchev–Trinajstić information content (AvgIpc) is 2.73. The Morgan fingerprint density at radius 1 is 0.964 bits per heavy atom. The molecule has 28 heavy (non-hydrogen) atoms. The van der Waals surface area contributed by atoms with Crippen LogP contribution < -0.4 is 10.6 Å². The van der Waals surface area contributed by atoms with Gasteiger partial charge < -0.3 is 15.7 Å². The van der Waals surface area contributed by atoms with Crippen LogP contribution in [0.2, 0.25) is 0 Å². The van der Waals surface area contributed by atoms with Crippen molar-refractivity contribution in [2.75, 3.05) is 23.8 Å². The van der Waals surface area contributed by atoms with Gasteiger partial charge in [-0.3, -0.25) is 4.98 Å². The molecule has 1 atom stereocenters. The zero-order chi connectivity index (χ0) is 19.8. The number of hydrogen-bond donors (Lipinski definition) is 3. The lowest BCUT2D eigenvalue weighted by molar-refractivity contribution is 0.248. The maximum absolute atomic E-state index is 9.63. The highest BCUT2D eigenvalue weighted by molar-refractivity contribution is 5.61. The van der Waals surface area contributed by atoms with Gasteiger partial charge in [-0.15, -0.1) is 0 Å². The molecule has 3 rings (SSSR count). The lowest BCUT2D eigenvalue weighted by atomic mass is 10.1. The molecule has 0 bridgehead atoms. The second kappa shape index (κ2) is 9.80. The Morgan fingerprint density at radius 2 is 1.75 bits per heavy atom. The van der Waals surface area contributed by atoms with Crippen molar-refractivity contribution in [3.63, 3.8) is 0 Å². The molecule has 3 N–H and O–H groups in total. The van der Waals surface area contributed by atoms with E-state index in [2.05, 4.69) is 51.6 Å². The first-order chi connectivity index (χ1) is 13.7. The normalized spacial score (nSPS) is 12.0. The fourth-order valence-electron chi connectivity index (χ4n) is 2.82. The van der Waals surface area contributed by atoms with Crippen LogP contribution in [-0.2, 0) is 6.42 Å². The van der Waals surface area contributed by atoms with E-state index in [4.69, 9.17) is 0 Å². The van der Waals surface area contributed by atoms with E-state index < -0.39 is 0 Å². The molecule has 6 heteroatoms. The second-order valence-corrected chi connectivity index (χ2v) is 7.02. The Balaban J connectivity index is 1.80. The topological polar surface area (TPSA) is 83.0 Å². The molecule has 3 aromatic rings. The van der Waals surface area contributed by atoms with E-state index in [1.54, 1.807) is 6.20 Å². The molecule has 0 fully saturated rings. The van der Waals surface area contributed by atoms with Gasteiger partial charge in [-0.2, -0.15) is 4.98 Å². The third-order valence-electron chi connectivity index (χ3n) is 4.53. The van der Waals surface area contributed by atoms with Gasteiger partial charge in [0.2, 0.25) is 5.95 Å². The Hall–Kier alpha value is -2.99. The molecule has 2 aromatic heterocycles. The first-order valence-corrected chi connectivity index (χ1v) is 9.61. The maximum atomic E-state index is 9.63. The van der Waals surface area contributed by atoms with E-state index in [1.807, 2.05) is 42.5 Å². The number of nitrogens with one attached hydrogen (secondary N) is 2. The summed E-state index contributed by atoms with van der Waals surface area (Å²) in [6.45, 7) is 4.88. The number of benzene rings is 1. The minimum atomic E-state index is -0.115. The smallest absolute Gasteiger partial charge is 0.225 e. The van der Waals surface area contributed by atoms with Crippen LogP contribution in [0.15, 0.2) is 60.8 Å². The summed E-state index contributed by atoms with van der Waals surface area (Å²) in [5, 5.41) is 16.3. The lowest BCUT2D eigenvalue weighted by Crippen LogP contribution is -2.30. The van der Waals surface area contributed by atoms with Crippen molar-refractivity contribution in [2.24, 2.45) is 5.92 Å². The van der Waals surface area contributed by atoms with E-state index in [-0.39, 0.29) is 18.6 Å². The van der Waals surface area contributed by atoms with Gasteiger partial charge in [0.25, 0.3) is 0 Å². The number of aliphatic hydroxyl groups excluding tert-OH is 1. The molecular weight excluding hydrogens is 350 g/mol. The van der Waals surface area contributed by atoms with Crippen molar-refractivity contribution in [3.05, 3.63) is 66.4 Å². The predicted molar refractivity (Wildman–Crippen MR) is 113 cm³/mol. The number of aromatic nitrogens is 3. The quantitative estimate of drug-likeness (QED) is 0.528. The van der Waals surface area contributed by atoms with Gasteiger partial charge in [0.1, 0.15) is 5.82 Å². The van der Waals surface area contributed by atoms with Crippen LogP contribution in [0, 0.1) is 5.92 Å². The van der Waals surface area contributed by atoms with Crippen molar-refractivity contribution in [3.8, 4) is 11.4 Å². The zero-order valence-electron chi connectivity index (χ0n) is 16.3. The van der Waals surface area contributed by atoms with Gasteiger partial charge in [-0.05, 0) is 30.0 Å². The summed E-state index contributed by atoms with van der Waals surface area (Å²) >= 11 is 0. The lowest BCUT2D eigenvalue weighted by Gasteiger charge is -2.20. The van der Waals surface area contributed by atoms with Gasteiger partial charge in [-0.1, -0.05) is 50.2 Å². The van der Waals surface area contributed by atoms with Gasteiger partial charge in [0, 0.05) is 18.8 Å². The molecule has 1 aromatic carbocycles. The minimum absolute atomic E-state index is 0.0195. The third kappa shape index (κ3) is 5.50. The molecule has 0 spiro atoms. The highest BCUT2D eigenvalue weighted by Crippen LogP contribution is 2.20. The van der Waals surface area contributed by atoms with Crippen molar-refractivity contribution in [2.45, 2.75) is 26.3 Å². The summed E-state index contributed by atoms with van der Waals surface area (Å²) in [6.07, 6.45) is 2.65. The number of aliphatic hydroxyl groups is 1. The summed E-state index contributed by atoms with van der Waals surface area (Å²) in [5.41, 5.74) is 2.79. The molecule has 0 saturated heterocycles.